The summed E-state index contributed by atoms with van der Waals surface area (Å²) in [5.74, 6) is -0.0187. The predicted molar refractivity (Wildman–Crippen MR) is 112 cm³/mol. The topological polar surface area (TPSA) is 72.9 Å². The van der Waals surface area contributed by atoms with E-state index < -0.39 is 0 Å². The van der Waals surface area contributed by atoms with E-state index in [9.17, 15) is 14.7 Å². The third kappa shape index (κ3) is 3.90. The van der Waals surface area contributed by atoms with Gasteiger partial charge in [0.2, 0.25) is 5.91 Å². The van der Waals surface area contributed by atoms with E-state index in [1.165, 1.54) is 6.42 Å². The first-order valence-corrected chi connectivity index (χ1v) is 10.8. The molecule has 2 saturated heterocycles. The lowest BCUT2D eigenvalue weighted by atomic mass is 9.73. The molecule has 6 nitrogen and oxygen atoms in total. The molecule has 0 spiro atoms. The Bertz CT molecular complexity index is 770. The number of hydrogen-bond acceptors (Lipinski definition) is 3. The van der Waals surface area contributed by atoms with Crippen LogP contribution in [-0.4, -0.2) is 64.7 Å². The van der Waals surface area contributed by atoms with Crippen LogP contribution in [0.15, 0.2) is 30.3 Å². The zero-order chi connectivity index (χ0) is 20.4. The summed E-state index contributed by atoms with van der Waals surface area (Å²) in [6.45, 7) is 2.54. The Morgan fingerprint density at radius 3 is 2.59 bits per heavy atom. The number of hydrogen-bond donors (Lipinski definition) is 2. The van der Waals surface area contributed by atoms with E-state index in [2.05, 4.69) is 29.6 Å². The van der Waals surface area contributed by atoms with Crippen LogP contribution in [0.5, 0.6) is 0 Å². The van der Waals surface area contributed by atoms with Crippen LogP contribution in [0.3, 0.4) is 0 Å². The average Bonchev–Trinajstić information content (AvgIpc) is 2.71. The molecule has 3 amide bonds. The quantitative estimate of drug-likeness (QED) is 0.821. The van der Waals surface area contributed by atoms with Crippen LogP contribution in [0, 0.1) is 0 Å². The van der Waals surface area contributed by atoms with Crippen molar-refractivity contribution in [1.82, 2.24) is 15.1 Å². The van der Waals surface area contributed by atoms with Gasteiger partial charge in [-0.3, -0.25) is 4.79 Å². The minimum absolute atomic E-state index is 0.0499. The zero-order valence-electron chi connectivity index (χ0n) is 17.1. The second-order valence-electron chi connectivity index (χ2n) is 8.48. The monoisotopic (exact) mass is 397 g/mol. The van der Waals surface area contributed by atoms with E-state index in [1.807, 2.05) is 19.1 Å². The molecule has 1 aromatic carbocycles. The van der Waals surface area contributed by atoms with E-state index in [1.54, 1.807) is 9.80 Å². The van der Waals surface area contributed by atoms with Gasteiger partial charge in [0.25, 0.3) is 0 Å². The van der Waals surface area contributed by atoms with Crippen molar-refractivity contribution >= 4 is 18.0 Å². The minimum atomic E-state index is -0.205. The van der Waals surface area contributed by atoms with E-state index in [0.717, 1.165) is 36.8 Å². The molecule has 29 heavy (non-hydrogen) atoms. The van der Waals surface area contributed by atoms with Crippen molar-refractivity contribution in [3.8, 4) is 0 Å². The molecule has 1 saturated carbocycles. The highest BCUT2D eigenvalue weighted by atomic mass is 16.3. The zero-order valence-corrected chi connectivity index (χ0v) is 17.1. The first kappa shape index (κ1) is 20.0. The van der Waals surface area contributed by atoms with Gasteiger partial charge in [-0.15, -0.1) is 0 Å². The van der Waals surface area contributed by atoms with Crippen molar-refractivity contribution < 1.29 is 14.7 Å². The number of allylic oxidation sites excluding steroid dienone is 1. The second kappa shape index (κ2) is 8.57. The summed E-state index contributed by atoms with van der Waals surface area (Å²) in [5.41, 5.74) is 2.24. The lowest BCUT2D eigenvalue weighted by molar-refractivity contribution is -0.159. The highest BCUT2D eigenvalue weighted by molar-refractivity contribution is 5.87. The molecular weight excluding hydrogens is 366 g/mol. The predicted octanol–water partition coefficient (Wildman–Crippen LogP) is 2.73. The number of carbonyl (C=O) groups excluding carboxylic acids is 2. The van der Waals surface area contributed by atoms with Gasteiger partial charge in [0.05, 0.1) is 18.7 Å². The molecule has 2 aliphatic heterocycles. The molecule has 4 rings (SSSR count). The number of piperazine rings is 1. The van der Waals surface area contributed by atoms with Gasteiger partial charge in [0.15, 0.2) is 0 Å². The van der Waals surface area contributed by atoms with Crippen molar-refractivity contribution in [2.24, 2.45) is 0 Å². The normalized spacial score (nSPS) is 27.7. The van der Waals surface area contributed by atoms with E-state index in [-0.39, 0.29) is 49.1 Å². The molecule has 3 aliphatic rings. The summed E-state index contributed by atoms with van der Waals surface area (Å²) in [4.78, 5) is 29.0. The number of nitrogens with zero attached hydrogens (tertiary/aromatic N) is 2. The number of urea groups is 1. The Morgan fingerprint density at radius 1 is 1.21 bits per heavy atom. The highest BCUT2D eigenvalue weighted by Crippen LogP contribution is 2.43. The summed E-state index contributed by atoms with van der Waals surface area (Å²) in [5, 5.41) is 13.0. The Hall–Kier alpha value is -2.34. The fraction of sp³-hybridized carbons (Fsp3) is 0.565. The maximum atomic E-state index is 12.8. The standard InChI is InChI=1S/C23H31N3O3/c1-2-6-16-9-11-17(12-10-16)22-19-13-25(14-21(28)26(19)20(22)15-27)23(29)24-18-7-4-3-5-8-18/h2,6,9-12,18-20,22,27H,3-5,7-8,13-15H2,1H3,(H,24,29)/b6-2+/t19-,20+,22+/m0/s1. The van der Waals surface area contributed by atoms with Gasteiger partial charge < -0.3 is 20.2 Å². The van der Waals surface area contributed by atoms with Gasteiger partial charge in [-0.25, -0.2) is 4.79 Å². The average molecular weight is 398 g/mol. The lowest BCUT2D eigenvalue weighted by Crippen LogP contribution is -2.74. The smallest absolute Gasteiger partial charge is 0.318 e. The van der Waals surface area contributed by atoms with Crippen molar-refractivity contribution in [3.05, 3.63) is 41.5 Å². The number of aliphatic hydroxyl groups is 1. The Morgan fingerprint density at radius 2 is 1.93 bits per heavy atom. The van der Waals surface area contributed by atoms with Gasteiger partial charge in [-0.1, -0.05) is 55.7 Å². The van der Waals surface area contributed by atoms with Crippen molar-refractivity contribution in [1.29, 1.82) is 0 Å². The van der Waals surface area contributed by atoms with E-state index >= 15 is 0 Å². The number of aliphatic hydroxyl groups excluding tert-OH is 1. The molecule has 2 heterocycles. The molecule has 3 atom stereocenters. The number of benzene rings is 1. The molecule has 0 radical (unpaired) electrons. The Balaban J connectivity index is 1.47. The van der Waals surface area contributed by atoms with Crippen LogP contribution in [0.1, 0.15) is 56.1 Å². The molecule has 1 aromatic rings. The first-order valence-electron chi connectivity index (χ1n) is 10.8. The largest absolute Gasteiger partial charge is 0.394 e. The van der Waals surface area contributed by atoms with Gasteiger partial charge in [-0.2, -0.15) is 0 Å². The summed E-state index contributed by atoms with van der Waals surface area (Å²) in [6, 6.07) is 8.10. The molecule has 0 aromatic heterocycles. The van der Waals surface area contributed by atoms with Crippen LogP contribution in [0.4, 0.5) is 4.79 Å². The van der Waals surface area contributed by atoms with Gasteiger partial charge in [0.1, 0.15) is 6.54 Å². The van der Waals surface area contributed by atoms with Gasteiger partial charge in [-0.05, 0) is 30.9 Å². The molecule has 156 valence electrons. The van der Waals surface area contributed by atoms with E-state index in [4.69, 9.17) is 0 Å². The van der Waals surface area contributed by atoms with Crippen LogP contribution in [0.25, 0.3) is 6.08 Å². The molecule has 0 bridgehead atoms. The van der Waals surface area contributed by atoms with Crippen LogP contribution in [-0.2, 0) is 4.79 Å². The van der Waals surface area contributed by atoms with Crippen LogP contribution < -0.4 is 5.32 Å². The third-order valence-corrected chi connectivity index (χ3v) is 6.65. The first-order chi connectivity index (χ1) is 14.1. The minimum Gasteiger partial charge on any atom is -0.394 e. The molecule has 3 fully saturated rings. The summed E-state index contributed by atoms with van der Waals surface area (Å²) in [6.07, 6.45) is 9.64. The van der Waals surface area contributed by atoms with Crippen LogP contribution in [0.2, 0.25) is 0 Å². The van der Waals surface area contributed by atoms with Crippen LogP contribution >= 0.6 is 0 Å². The van der Waals surface area contributed by atoms with Crippen molar-refractivity contribution in [2.45, 2.75) is 63.1 Å². The lowest BCUT2D eigenvalue weighted by Gasteiger charge is -2.58. The number of carbonyl (C=O) groups is 2. The maximum Gasteiger partial charge on any atom is 0.318 e. The highest BCUT2D eigenvalue weighted by Gasteiger charge is 2.54. The third-order valence-electron chi connectivity index (χ3n) is 6.65. The fourth-order valence-corrected chi connectivity index (χ4v) is 5.19. The summed E-state index contributed by atoms with van der Waals surface area (Å²) < 4.78 is 0. The number of rotatable bonds is 4. The van der Waals surface area contributed by atoms with Gasteiger partial charge in [0, 0.05) is 18.5 Å². The van der Waals surface area contributed by atoms with Gasteiger partial charge >= 0.3 is 6.03 Å². The second-order valence-corrected chi connectivity index (χ2v) is 8.48. The summed E-state index contributed by atoms with van der Waals surface area (Å²) >= 11 is 0. The molecule has 0 unspecified atom stereocenters. The molecular formula is C23H31N3O3. The maximum absolute atomic E-state index is 12.8. The fourth-order valence-electron chi connectivity index (χ4n) is 5.19. The van der Waals surface area contributed by atoms with Crippen molar-refractivity contribution in [3.63, 3.8) is 0 Å². The summed E-state index contributed by atoms with van der Waals surface area (Å²) in [7, 11) is 0. The van der Waals surface area contributed by atoms with E-state index in [0.29, 0.717) is 6.54 Å². The molecule has 1 aliphatic carbocycles. The number of nitrogens with one attached hydrogen (secondary N) is 1. The Labute approximate surface area is 172 Å². The molecule has 2 N–H and O–H groups in total. The molecule has 6 heteroatoms. The number of amides is 3. The Kier molecular flexibility index (Phi) is 5.90. The SMILES string of the molecule is C/C=C/c1ccc([C@H]2[C@@H](CO)N3C(=O)CN(C(=O)NC4CCCCC4)C[C@@H]23)cc1. The number of fused-ring (bicyclic) bond motifs is 1. The van der Waals surface area contributed by atoms with Crippen molar-refractivity contribution in [2.75, 3.05) is 19.7 Å².